The molecule has 3 heterocycles. The van der Waals surface area contributed by atoms with Gasteiger partial charge in [0.1, 0.15) is 11.3 Å². The Kier molecular flexibility index (Phi) is 3.29. The van der Waals surface area contributed by atoms with Crippen LogP contribution < -0.4 is 0 Å². The van der Waals surface area contributed by atoms with Gasteiger partial charge in [0.25, 0.3) is 0 Å². The zero-order chi connectivity index (χ0) is 13.5. The summed E-state index contributed by atoms with van der Waals surface area (Å²) in [5.74, 6) is 4.57. The third kappa shape index (κ3) is 2.50. The predicted octanol–water partition coefficient (Wildman–Crippen LogP) is 3.48. The average molecular weight is 275 g/mol. The zero-order valence-electron chi connectivity index (χ0n) is 11.9. The standard InChI is InChI=1S/C15H21N3S/c1-15(2,3)18-13(9-11-6-8-19-10-11)17-12-5-4-7-16-14(12)18/h4-5,7,11H,6,8-10H2,1-3H3. The first-order chi connectivity index (χ1) is 9.05. The normalized spacial score (nSPS) is 20.3. The highest BCUT2D eigenvalue weighted by atomic mass is 32.2. The van der Waals surface area contributed by atoms with E-state index in [1.54, 1.807) is 0 Å². The molecule has 0 radical (unpaired) electrons. The van der Waals surface area contributed by atoms with Crippen LogP contribution in [0.4, 0.5) is 0 Å². The van der Waals surface area contributed by atoms with E-state index in [0.717, 1.165) is 23.5 Å². The quantitative estimate of drug-likeness (QED) is 0.840. The van der Waals surface area contributed by atoms with Gasteiger partial charge in [0, 0.05) is 18.2 Å². The van der Waals surface area contributed by atoms with Crippen molar-refractivity contribution < 1.29 is 0 Å². The summed E-state index contributed by atoms with van der Waals surface area (Å²) in [6.07, 6.45) is 4.27. The highest BCUT2D eigenvalue weighted by Gasteiger charge is 2.25. The van der Waals surface area contributed by atoms with E-state index in [-0.39, 0.29) is 5.54 Å². The average Bonchev–Trinajstić information content (AvgIpc) is 2.94. The monoisotopic (exact) mass is 275 g/mol. The van der Waals surface area contributed by atoms with Gasteiger partial charge in [-0.05, 0) is 56.7 Å². The number of nitrogens with zero attached hydrogens (tertiary/aromatic N) is 3. The molecule has 2 aromatic rings. The van der Waals surface area contributed by atoms with Gasteiger partial charge in [-0.1, -0.05) is 0 Å². The van der Waals surface area contributed by atoms with Crippen LogP contribution in [0.3, 0.4) is 0 Å². The Bertz CT molecular complexity index is 577. The van der Waals surface area contributed by atoms with Gasteiger partial charge in [0.05, 0.1) is 0 Å². The number of fused-ring (bicyclic) bond motifs is 1. The Morgan fingerprint density at radius 1 is 1.42 bits per heavy atom. The highest BCUT2D eigenvalue weighted by molar-refractivity contribution is 7.99. The molecule has 1 saturated heterocycles. The summed E-state index contributed by atoms with van der Waals surface area (Å²) >= 11 is 2.07. The van der Waals surface area contributed by atoms with Crippen LogP contribution in [0.25, 0.3) is 11.2 Å². The third-order valence-electron chi connectivity index (χ3n) is 3.65. The van der Waals surface area contributed by atoms with Crippen molar-refractivity contribution >= 4 is 22.9 Å². The van der Waals surface area contributed by atoms with E-state index in [1.165, 1.54) is 23.8 Å². The lowest BCUT2D eigenvalue weighted by Gasteiger charge is -2.24. The molecule has 4 heteroatoms. The Morgan fingerprint density at radius 2 is 2.26 bits per heavy atom. The second-order valence-corrected chi connectivity index (χ2v) is 7.46. The Labute approximate surface area is 118 Å². The number of imidazole rings is 1. The SMILES string of the molecule is CC(C)(C)n1c(CC2CCSC2)nc2cccnc21. The lowest BCUT2D eigenvalue weighted by atomic mass is 10.0. The van der Waals surface area contributed by atoms with Gasteiger partial charge in [-0.3, -0.25) is 0 Å². The van der Waals surface area contributed by atoms with Gasteiger partial charge in [-0.25, -0.2) is 9.97 Å². The van der Waals surface area contributed by atoms with Crippen LogP contribution in [-0.4, -0.2) is 26.0 Å². The van der Waals surface area contributed by atoms with Crippen molar-refractivity contribution in [3.63, 3.8) is 0 Å². The van der Waals surface area contributed by atoms with Crippen LogP contribution in [0.15, 0.2) is 18.3 Å². The first kappa shape index (κ1) is 13.0. The summed E-state index contributed by atoms with van der Waals surface area (Å²) in [7, 11) is 0. The van der Waals surface area contributed by atoms with Gasteiger partial charge >= 0.3 is 0 Å². The molecule has 1 atom stereocenters. The maximum atomic E-state index is 4.83. The van der Waals surface area contributed by atoms with Crippen LogP contribution in [0.2, 0.25) is 0 Å². The Balaban J connectivity index is 2.06. The molecule has 1 aliphatic rings. The fourth-order valence-corrected chi connectivity index (χ4v) is 4.09. The van der Waals surface area contributed by atoms with Crippen molar-refractivity contribution in [2.75, 3.05) is 11.5 Å². The molecule has 0 saturated carbocycles. The fourth-order valence-electron chi connectivity index (χ4n) is 2.80. The molecule has 19 heavy (non-hydrogen) atoms. The van der Waals surface area contributed by atoms with E-state index in [2.05, 4.69) is 48.2 Å². The molecular formula is C15H21N3S. The minimum absolute atomic E-state index is 0.0319. The van der Waals surface area contributed by atoms with E-state index in [9.17, 15) is 0 Å². The second kappa shape index (κ2) is 4.82. The van der Waals surface area contributed by atoms with E-state index in [0.29, 0.717) is 0 Å². The maximum absolute atomic E-state index is 4.83. The van der Waals surface area contributed by atoms with Crippen LogP contribution in [-0.2, 0) is 12.0 Å². The number of hydrogen-bond acceptors (Lipinski definition) is 3. The van der Waals surface area contributed by atoms with Gasteiger partial charge in [0.2, 0.25) is 0 Å². The fraction of sp³-hybridized carbons (Fsp3) is 0.600. The smallest absolute Gasteiger partial charge is 0.160 e. The molecule has 1 unspecified atom stereocenters. The molecule has 2 aromatic heterocycles. The summed E-state index contributed by atoms with van der Waals surface area (Å²) in [5.41, 5.74) is 2.08. The number of rotatable bonds is 2. The van der Waals surface area contributed by atoms with Crippen LogP contribution in [0.5, 0.6) is 0 Å². The number of thioether (sulfide) groups is 1. The molecular weight excluding hydrogens is 254 g/mol. The first-order valence-electron chi connectivity index (χ1n) is 6.96. The third-order valence-corrected chi connectivity index (χ3v) is 4.88. The molecule has 3 nitrogen and oxygen atoms in total. The van der Waals surface area contributed by atoms with Crippen LogP contribution in [0.1, 0.15) is 33.0 Å². The summed E-state index contributed by atoms with van der Waals surface area (Å²) in [5, 5.41) is 0. The zero-order valence-corrected chi connectivity index (χ0v) is 12.7. The molecule has 1 aliphatic heterocycles. The lowest BCUT2D eigenvalue weighted by molar-refractivity contribution is 0.382. The van der Waals surface area contributed by atoms with Crippen LogP contribution >= 0.6 is 11.8 Å². The molecule has 1 fully saturated rings. The van der Waals surface area contributed by atoms with E-state index < -0.39 is 0 Å². The molecule has 0 spiro atoms. The number of pyridine rings is 1. The topological polar surface area (TPSA) is 30.7 Å². The molecule has 0 amide bonds. The van der Waals surface area contributed by atoms with Crippen molar-refractivity contribution in [2.45, 2.75) is 39.2 Å². The molecule has 0 aliphatic carbocycles. The summed E-state index contributed by atoms with van der Waals surface area (Å²) < 4.78 is 2.32. The summed E-state index contributed by atoms with van der Waals surface area (Å²) in [4.78, 5) is 9.37. The van der Waals surface area contributed by atoms with Crippen molar-refractivity contribution in [1.82, 2.24) is 14.5 Å². The molecule has 3 rings (SSSR count). The maximum Gasteiger partial charge on any atom is 0.160 e. The van der Waals surface area contributed by atoms with Gasteiger partial charge < -0.3 is 4.57 Å². The Morgan fingerprint density at radius 3 is 2.95 bits per heavy atom. The van der Waals surface area contributed by atoms with Gasteiger partial charge in [-0.2, -0.15) is 11.8 Å². The van der Waals surface area contributed by atoms with E-state index >= 15 is 0 Å². The minimum atomic E-state index is 0.0319. The van der Waals surface area contributed by atoms with Gasteiger partial charge in [0.15, 0.2) is 5.65 Å². The molecule has 0 bridgehead atoms. The first-order valence-corrected chi connectivity index (χ1v) is 8.12. The lowest BCUT2D eigenvalue weighted by Crippen LogP contribution is -2.25. The predicted molar refractivity (Wildman–Crippen MR) is 81.7 cm³/mol. The molecule has 102 valence electrons. The summed E-state index contributed by atoms with van der Waals surface area (Å²) in [6.45, 7) is 6.70. The van der Waals surface area contributed by atoms with Crippen molar-refractivity contribution in [1.29, 1.82) is 0 Å². The van der Waals surface area contributed by atoms with Crippen LogP contribution in [0, 0.1) is 5.92 Å². The highest BCUT2D eigenvalue weighted by Crippen LogP contribution is 2.30. The minimum Gasteiger partial charge on any atom is -0.307 e. The van der Waals surface area contributed by atoms with Gasteiger partial charge in [-0.15, -0.1) is 0 Å². The number of hydrogen-bond donors (Lipinski definition) is 0. The molecule has 0 aromatic carbocycles. The van der Waals surface area contributed by atoms with Crippen molar-refractivity contribution in [3.8, 4) is 0 Å². The second-order valence-electron chi connectivity index (χ2n) is 6.31. The molecule has 0 N–H and O–H groups in total. The largest absolute Gasteiger partial charge is 0.307 e. The Hall–Kier alpha value is -1.03. The summed E-state index contributed by atoms with van der Waals surface area (Å²) in [6, 6.07) is 4.04. The van der Waals surface area contributed by atoms with Crippen molar-refractivity contribution in [2.24, 2.45) is 5.92 Å². The van der Waals surface area contributed by atoms with Crippen molar-refractivity contribution in [3.05, 3.63) is 24.2 Å². The van der Waals surface area contributed by atoms with E-state index in [1.807, 2.05) is 12.3 Å². The van der Waals surface area contributed by atoms with E-state index in [4.69, 9.17) is 4.98 Å². The number of aromatic nitrogens is 3.